The molecule has 1 aromatic carbocycles. The highest BCUT2D eigenvalue weighted by molar-refractivity contribution is 6.43. The normalized spacial score (nSPS) is 14.6. The number of hydrogen-bond acceptors (Lipinski definition) is 2. The third-order valence-corrected chi connectivity index (χ3v) is 3.62. The molecule has 0 atom stereocenters. The lowest BCUT2D eigenvalue weighted by molar-refractivity contribution is 0.806. The molecule has 2 heterocycles. The van der Waals surface area contributed by atoms with E-state index in [4.69, 9.17) is 23.2 Å². The van der Waals surface area contributed by atoms with Crippen molar-refractivity contribution in [2.45, 2.75) is 12.8 Å². The summed E-state index contributed by atoms with van der Waals surface area (Å²) in [6, 6.07) is 3.78. The second kappa shape index (κ2) is 3.79. The van der Waals surface area contributed by atoms with E-state index < -0.39 is 0 Å². The molecular weight excluding hydrogens is 243 g/mol. The van der Waals surface area contributed by atoms with Gasteiger partial charge in [0.25, 0.3) is 0 Å². The van der Waals surface area contributed by atoms with Crippen molar-refractivity contribution in [3.05, 3.63) is 34.1 Å². The van der Waals surface area contributed by atoms with E-state index >= 15 is 0 Å². The van der Waals surface area contributed by atoms with Crippen molar-refractivity contribution in [3.8, 4) is 0 Å². The highest BCUT2D eigenvalue weighted by Gasteiger charge is 2.14. The van der Waals surface area contributed by atoms with Gasteiger partial charge in [-0.25, -0.2) is 0 Å². The fourth-order valence-electron chi connectivity index (χ4n) is 2.11. The van der Waals surface area contributed by atoms with Crippen molar-refractivity contribution >= 4 is 39.7 Å². The molecule has 82 valence electrons. The second-order valence-corrected chi connectivity index (χ2v) is 4.78. The third kappa shape index (κ3) is 1.53. The number of halogens is 2. The number of benzene rings is 1. The Bertz CT molecular complexity index is 566. The van der Waals surface area contributed by atoms with Crippen molar-refractivity contribution in [1.29, 1.82) is 0 Å². The number of aromatic nitrogens is 1. The molecular formula is C12H10Cl2N2. The number of rotatable bonds is 0. The van der Waals surface area contributed by atoms with E-state index in [-0.39, 0.29) is 0 Å². The Kier molecular flexibility index (Phi) is 2.41. The number of anilines is 1. The SMILES string of the molecule is Clc1cc2cnc3c(c2cc1Cl)NCCC3. The van der Waals surface area contributed by atoms with Crippen LogP contribution in [0.3, 0.4) is 0 Å². The van der Waals surface area contributed by atoms with Crippen molar-refractivity contribution in [2.75, 3.05) is 11.9 Å². The van der Waals surface area contributed by atoms with Gasteiger partial charge in [0.1, 0.15) is 0 Å². The molecule has 0 aliphatic carbocycles. The molecule has 0 bridgehead atoms. The van der Waals surface area contributed by atoms with Crippen LogP contribution in [0.5, 0.6) is 0 Å². The van der Waals surface area contributed by atoms with E-state index in [2.05, 4.69) is 10.3 Å². The first-order chi connectivity index (χ1) is 7.75. The van der Waals surface area contributed by atoms with Crippen LogP contribution in [0.25, 0.3) is 10.8 Å². The summed E-state index contributed by atoms with van der Waals surface area (Å²) in [7, 11) is 0. The zero-order chi connectivity index (χ0) is 11.1. The highest BCUT2D eigenvalue weighted by Crippen LogP contribution is 2.34. The quantitative estimate of drug-likeness (QED) is 0.770. The fraction of sp³-hybridized carbons (Fsp3) is 0.250. The maximum absolute atomic E-state index is 6.05. The third-order valence-electron chi connectivity index (χ3n) is 2.90. The first-order valence-corrected chi connectivity index (χ1v) is 6.02. The lowest BCUT2D eigenvalue weighted by Crippen LogP contribution is -2.13. The Morgan fingerprint density at radius 3 is 2.88 bits per heavy atom. The number of pyridine rings is 1. The van der Waals surface area contributed by atoms with Crippen LogP contribution < -0.4 is 5.32 Å². The van der Waals surface area contributed by atoms with Gasteiger partial charge in [0.05, 0.1) is 21.4 Å². The van der Waals surface area contributed by atoms with Gasteiger partial charge in [-0.05, 0) is 25.0 Å². The standard InChI is InChI=1S/C12H10Cl2N2/c13-9-4-7-6-16-11-2-1-3-15-12(11)8(7)5-10(9)14/h4-6,15H,1-3H2. The Morgan fingerprint density at radius 1 is 1.19 bits per heavy atom. The monoisotopic (exact) mass is 252 g/mol. The predicted molar refractivity (Wildman–Crippen MR) is 68.6 cm³/mol. The molecule has 1 N–H and O–H groups in total. The van der Waals surface area contributed by atoms with E-state index in [9.17, 15) is 0 Å². The Morgan fingerprint density at radius 2 is 2.00 bits per heavy atom. The van der Waals surface area contributed by atoms with Gasteiger partial charge < -0.3 is 5.32 Å². The molecule has 1 aliphatic heterocycles. The smallest absolute Gasteiger partial charge is 0.0641 e. The van der Waals surface area contributed by atoms with Crippen LogP contribution in [0, 0.1) is 0 Å². The van der Waals surface area contributed by atoms with Gasteiger partial charge in [-0.15, -0.1) is 0 Å². The number of hydrogen-bond donors (Lipinski definition) is 1. The Balaban J connectivity index is 2.34. The van der Waals surface area contributed by atoms with Crippen LogP contribution in [0.1, 0.15) is 12.1 Å². The Labute approximate surface area is 104 Å². The second-order valence-electron chi connectivity index (χ2n) is 3.96. The molecule has 0 fully saturated rings. The summed E-state index contributed by atoms with van der Waals surface area (Å²) in [5.74, 6) is 0. The first-order valence-electron chi connectivity index (χ1n) is 5.26. The molecule has 0 saturated heterocycles. The van der Waals surface area contributed by atoms with E-state index in [1.165, 1.54) is 0 Å². The molecule has 1 aromatic heterocycles. The molecule has 0 radical (unpaired) electrons. The summed E-state index contributed by atoms with van der Waals surface area (Å²) in [6.45, 7) is 0.994. The molecule has 16 heavy (non-hydrogen) atoms. The summed E-state index contributed by atoms with van der Waals surface area (Å²) in [6.07, 6.45) is 4.02. The number of nitrogens with one attached hydrogen (secondary N) is 1. The average molecular weight is 253 g/mol. The minimum Gasteiger partial charge on any atom is -0.383 e. The molecule has 1 aliphatic rings. The number of aryl methyl sites for hydroxylation is 1. The summed E-state index contributed by atoms with van der Waals surface area (Å²) < 4.78 is 0. The zero-order valence-electron chi connectivity index (χ0n) is 8.56. The van der Waals surface area contributed by atoms with Crippen LogP contribution in [0.15, 0.2) is 18.3 Å². The molecule has 3 rings (SSSR count). The van der Waals surface area contributed by atoms with Crippen molar-refractivity contribution < 1.29 is 0 Å². The van der Waals surface area contributed by atoms with Gasteiger partial charge >= 0.3 is 0 Å². The van der Waals surface area contributed by atoms with Crippen LogP contribution in [0.4, 0.5) is 5.69 Å². The van der Waals surface area contributed by atoms with Crippen molar-refractivity contribution in [2.24, 2.45) is 0 Å². The van der Waals surface area contributed by atoms with Crippen LogP contribution >= 0.6 is 23.2 Å². The average Bonchev–Trinajstić information content (AvgIpc) is 2.31. The Hall–Kier alpha value is -0.990. The largest absolute Gasteiger partial charge is 0.383 e. The van der Waals surface area contributed by atoms with E-state index in [0.29, 0.717) is 10.0 Å². The number of fused-ring (bicyclic) bond motifs is 3. The van der Waals surface area contributed by atoms with Gasteiger partial charge in [-0.3, -0.25) is 4.98 Å². The van der Waals surface area contributed by atoms with Gasteiger partial charge in [0.15, 0.2) is 0 Å². The van der Waals surface area contributed by atoms with Crippen molar-refractivity contribution in [1.82, 2.24) is 4.98 Å². The molecule has 2 nitrogen and oxygen atoms in total. The summed E-state index contributed by atoms with van der Waals surface area (Å²) in [5.41, 5.74) is 2.24. The van der Waals surface area contributed by atoms with E-state index in [0.717, 1.165) is 41.5 Å². The van der Waals surface area contributed by atoms with Gasteiger partial charge in [0.2, 0.25) is 0 Å². The number of nitrogens with zero attached hydrogens (tertiary/aromatic N) is 1. The van der Waals surface area contributed by atoms with Crippen molar-refractivity contribution in [3.63, 3.8) is 0 Å². The molecule has 0 amide bonds. The van der Waals surface area contributed by atoms with E-state index in [1.807, 2.05) is 18.3 Å². The first kappa shape index (κ1) is 10.2. The van der Waals surface area contributed by atoms with Gasteiger partial charge in [-0.1, -0.05) is 23.2 Å². The fourth-order valence-corrected chi connectivity index (χ4v) is 2.44. The zero-order valence-corrected chi connectivity index (χ0v) is 10.1. The van der Waals surface area contributed by atoms with Gasteiger partial charge in [0, 0.05) is 23.5 Å². The predicted octanol–water partition coefficient (Wildman–Crippen LogP) is 3.90. The maximum Gasteiger partial charge on any atom is 0.0641 e. The maximum atomic E-state index is 6.05. The lowest BCUT2D eigenvalue weighted by Gasteiger charge is -2.19. The van der Waals surface area contributed by atoms with Crippen LogP contribution in [0.2, 0.25) is 10.0 Å². The molecule has 4 heteroatoms. The molecule has 0 saturated carbocycles. The topological polar surface area (TPSA) is 24.9 Å². The molecule has 0 unspecified atom stereocenters. The lowest BCUT2D eigenvalue weighted by atomic mass is 10.0. The van der Waals surface area contributed by atoms with Crippen LogP contribution in [-0.2, 0) is 6.42 Å². The summed E-state index contributed by atoms with van der Waals surface area (Å²) in [4.78, 5) is 4.45. The summed E-state index contributed by atoms with van der Waals surface area (Å²) >= 11 is 12.0. The highest BCUT2D eigenvalue weighted by atomic mass is 35.5. The minimum absolute atomic E-state index is 0.576. The van der Waals surface area contributed by atoms with Crippen LogP contribution in [-0.4, -0.2) is 11.5 Å². The summed E-state index contributed by atoms with van der Waals surface area (Å²) in [5, 5.41) is 6.70. The molecule has 0 spiro atoms. The van der Waals surface area contributed by atoms with E-state index in [1.54, 1.807) is 0 Å². The molecule has 2 aromatic rings. The minimum atomic E-state index is 0.576. The van der Waals surface area contributed by atoms with Gasteiger partial charge in [-0.2, -0.15) is 0 Å².